The zero-order valence-electron chi connectivity index (χ0n) is 16.4. The summed E-state index contributed by atoms with van der Waals surface area (Å²) in [5.41, 5.74) is 2.89. The van der Waals surface area contributed by atoms with Crippen molar-refractivity contribution in [3.63, 3.8) is 0 Å². The molecule has 2 heterocycles. The van der Waals surface area contributed by atoms with Crippen LogP contribution >= 0.6 is 0 Å². The van der Waals surface area contributed by atoms with Gasteiger partial charge in [-0.2, -0.15) is 0 Å². The van der Waals surface area contributed by atoms with Gasteiger partial charge in [-0.15, -0.1) is 0 Å². The van der Waals surface area contributed by atoms with E-state index in [0.29, 0.717) is 25.6 Å². The molecule has 0 radical (unpaired) electrons. The van der Waals surface area contributed by atoms with Crippen molar-refractivity contribution in [2.75, 3.05) is 36.4 Å². The number of piperazine rings is 1. The predicted molar refractivity (Wildman–Crippen MR) is 115 cm³/mol. The van der Waals surface area contributed by atoms with Crippen LogP contribution in [0.1, 0.15) is 18.4 Å². The van der Waals surface area contributed by atoms with Crippen molar-refractivity contribution in [3.8, 4) is 0 Å². The van der Waals surface area contributed by atoms with Crippen LogP contribution in [-0.2, 0) is 11.2 Å². The van der Waals surface area contributed by atoms with E-state index in [1.54, 1.807) is 0 Å². The van der Waals surface area contributed by atoms with E-state index in [1.807, 2.05) is 59.5 Å². The highest BCUT2D eigenvalue weighted by Crippen LogP contribution is 2.31. The molecule has 1 saturated carbocycles. The first-order chi connectivity index (χ1) is 14.3. The molecule has 1 aromatic heterocycles. The summed E-state index contributed by atoms with van der Waals surface area (Å²) in [5.74, 6) is 1.97. The van der Waals surface area contributed by atoms with E-state index in [9.17, 15) is 4.79 Å². The molecule has 2 aromatic carbocycles. The van der Waals surface area contributed by atoms with Gasteiger partial charge in [-0.25, -0.2) is 9.97 Å². The molecule has 6 nitrogen and oxygen atoms in total. The average molecular weight is 387 g/mol. The van der Waals surface area contributed by atoms with Crippen molar-refractivity contribution >= 4 is 28.6 Å². The fraction of sp³-hybridized carbons (Fsp3) is 0.348. The Morgan fingerprint density at radius 1 is 0.897 bits per heavy atom. The molecule has 2 aliphatic rings. The van der Waals surface area contributed by atoms with Crippen LogP contribution in [0.2, 0.25) is 0 Å². The highest BCUT2D eigenvalue weighted by Gasteiger charge is 2.27. The van der Waals surface area contributed by atoms with Gasteiger partial charge in [0.15, 0.2) is 11.6 Å². The van der Waals surface area contributed by atoms with Gasteiger partial charge in [0.25, 0.3) is 0 Å². The van der Waals surface area contributed by atoms with E-state index in [1.165, 1.54) is 12.8 Å². The quantitative estimate of drug-likeness (QED) is 0.729. The molecule has 5 rings (SSSR count). The summed E-state index contributed by atoms with van der Waals surface area (Å²) in [4.78, 5) is 26.7. The molecule has 2 fully saturated rings. The predicted octanol–water partition coefficient (Wildman–Crippen LogP) is 3.10. The smallest absolute Gasteiger partial charge is 0.227 e. The molecule has 6 heteroatoms. The number of hydrogen-bond acceptors (Lipinski definition) is 5. The lowest BCUT2D eigenvalue weighted by Gasteiger charge is -2.36. The monoisotopic (exact) mass is 387 g/mol. The largest absolute Gasteiger partial charge is 0.364 e. The standard InChI is InChI=1S/C23H25N5O/c29-21(16-17-6-2-1-3-7-17)27-12-14-28(15-13-27)23-22(24-18-10-11-18)25-19-8-4-5-9-20(19)26-23/h1-9,18H,10-16H2,(H,24,25). The van der Waals surface area contributed by atoms with Crippen LogP contribution in [0.3, 0.4) is 0 Å². The summed E-state index contributed by atoms with van der Waals surface area (Å²) >= 11 is 0. The van der Waals surface area contributed by atoms with E-state index in [-0.39, 0.29) is 5.91 Å². The molecular weight excluding hydrogens is 362 g/mol. The molecule has 0 bridgehead atoms. The van der Waals surface area contributed by atoms with Crippen molar-refractivity contribution in [2.24, 2.45) is 0 Å². The molecule has 1 N–H and O–H groups in total. The molecule has 148 valence electrons. The minimum atomic E-state index is 0.191. The summed E-state index contributed by atoms with van der Waals surface area (Å²) in [6.45, 7) is 2.96. The van der Waals surface area contributed by atoms with E-state index in [2.05, 4.69) is 10.2 Å². The highest BCUT2D eigenvalue weighted by atomic mass is 16.2. The minimum Gasteiger partial charge on any atom is -0.364 e. The lowest BCUT2D eigenvalue weighted by molar-refractivity contribution is -0.130. The molecule has 0 spiro atoms. The Kier molecular flexibility index (Phi) is 4.76. The number of nitrogens with one attached hydrogen (secondary N) is 1. The Balaban J connectivity index is 1.31. The van der Waals surface area contributed by atoms with Crippen LogP contribution in [-0.4, -0.2) is 53.0 Å². The summed E-state index contributed by atoms with van der Waals surface area (Å²) in [6, 6.07) is 18.5. The van der Waals surface area contributed by atoms with Crippen LogP contribution in [0, 0.1) is 0 Å². The molecule has 0 atom stereocenters. The van der Waals surface area contributed by atoms with Crippen LogP contribution < -0.4 is 10.2 Å². The van der Waals surface area contributed by atoms with Crippen molar-refractivity contribution in [1.29, 1.82) is 0 Å². The number of rotatable bonds is 5. The summed E-state index contributed by atoms with van der Waals surface area (Å²) in [5, 5.41) is 3.54. The topological polar surface area (TPSA) is 61.4 Å². The molecular formula is C23H25N5O. The average Bonchev–Trinajstić information content (AvgIpc) is 3.58. The third kappa shape index (κ3) is 4.01. The van der Waals surface area contributed by atoms with E-state index >= 15 is 0 Å². The zero-order valence-corrected chi connectivity index (χ0v) is 16.4. The van der Waals surface area contributed by atoms with Crippen molar-refractivity contribution < 1.29 is 4.79 Å². The second kappa shape index (κ2) is 7.70. The summed E-state index contributed by atoms with van der Waals surface area (Å²) in [7, 11) is 0. The molecule has 0 unspecified atom stereocenters. The van der Waals surface area contributed by atoms with Crippen molar-refractivity contribution in [1.82, 2.24) is 14.9 Å². The van der Waals surface area contributed by atoms with Gasteiger partial charge < -0.3 is 15.1 Å². The number of carbonyl (C=O) groups excluding carboxylic acids is 1. The van der Waals surface area contributed by atoms with E-state index in [4.69, 9.17) is 9.97 Å². The maximum atomic E-state index is 12.7. The Hall–Kier alpha value is -3.15. The van der Waals surface area contributed by atoms with Crippen LogP contribution in [0.5, 0.6) is 0 Å². The van der Waals surface area contributed by atoms with E-state index in [0.717, 1.165) is 41.3 Å². The molecule has 1 amide bonds. The third-order valence-corrected chi connectivity index (χ3v) is 5.60. The van der Waals surface area contributed by atoms with Gasteiger partial charge in [-0.1, -0.05) is 42.5 Å². The number of carbonyl (C=O) groups is 1. The van der Waals surface area contributed by atoms with Gasteiger partial charge in [0, 0.05) is 32.2 Å². The zero-order chi connectivity index (χ0) is 19.6. The normalized spacial score (nSPS) is 16.8. The molecule has 1 saturated heterocycles. The number of benzene rings is 2. The highest BCUT2D eigenvalue weighted by molar-refractivity contribution is 5.81. The van der Waals surface area contributed by atoms with Crippen LogP contribution in [0.25, 0.3) is 11.0 Å². The van der Waals surface area contributed by atoms with Gasteiger partial charge >= 0.3 is 0 Å². The first-order valence-electron chi connectivity index (χ1n) is 10.4. The summed E-state index contributed by atoms with van der Waals surface area (Å²) in [6.07, 6.45) is 2.84. The van der Waals surface area contributed by atoms with Crippen LogP contribution in [0.15, 0.2) is 54.6 Å². The maximum Gasteiger partial charge on any atom is 0.227 e. The number of aromatic nitrogens is 2. The van der Waals surface area contributed by atoms with Crippen molar-refractivity contribution in [2.45, 2.75) is 25.3 Å². The second-order valence-electron chi connectivity index (χ2n) is 7.83. The number of anilines is 2. The Morgan fingerprint density at radius 2 is 1.55 bits per heavy atom. The first-order valence-corrected chi connectivity index (χ1v) is 10.4. The number of para-hydroxylation sites is 2. The van der Waals surface area contributed by atoms with Gasteiger partial charge in [0.1, 0.15) is 0 Å². The number of hydrogen-bond donors (Lipinski definition) is 1. The Bertz CT molecular complexity index is 1010. The lowest BCUT2D eigenvalue weighted by Crippen LogP contribution is -2.49. The number of amides is 1. The molecule has 29 heavy (non-hydrogen) atoms. The number of nitrogens with zero attached hydrogens (tertiary/aromatic N) is 4. The van der Waals surface area contributed by atoms with Gasteiger partial charge in [-0.3, -0.25) is 4.79 Å². The lowest BCUT2D eigenvalue weighted by atomic mass is 10.1. The molecule has 3 aromatic rings. The van der Waals surface area contributed by atoms with Crippen molar-refractivity contribution in [3.05, 3.63) is 60.2 Å². The number of fused-ring (bicyclic) bond motifs is 1. The van der Waals surface area contributed by atoms with E-state index < -0.39 is 0 Å². The Morgan fingerprint density at radius 3 is 2.24 bits per heavy atom. The summed E-state index contributed by atoms with van der Waals surface area (Å²) < 4.78 is 0. The molecule has 1 aliphatic heterocycles. The van der Waals surface area contributed by atoms with Gasteiger partial charge in [-0.05, 0) is 30.5 Å². The third-order valence-electron chi connectivity index (χ3n) is 5.60. The molecule has 1 aliphatic carbocycles. The second-order valence-corrected chi connectivity index (χ2v) is 7.83. The minimum absolute atomic E-state index is 0.191. The fourth-order valence-corrected chi connectivity index (χ4v) is 3.78. The first kappa shape index (κ1) is 17.9. The van der Waals surface area contributed by atoms with Gasteiger partial charge in [0.2, 0.25) is 5.91 Å². The fourth-order valence-electron chi connectivity index (χ4n) is 3.78. The SMILES string of the molecule is O=C(Cc1ccccc1)N1CCN(c2nc3ccccc3nc2NC2CC2)CC1. The maximum absolute atomic E-state index is 12.7. The van der Waals surface area contributed by atoms with Gasteiger partial charge in [0.05, 0.1) is 17.5 Å². The van der Waals surface area contributed by atoms with Crippen LogP contribution in [0.4, 0.5) is 11.6 Å². The Labute approximate surface area is 170 Å².